The molecule has 3 aromatic rings. The molecule has 0 atom stereocenters. The summed E-state index contributed by atoms with van der Waals surface area (Å²) in [5.41, 5.74) is 0.650. The van der Waals surface area contributed by atoms with Crippen molar-refractivity contribution in [3.05, 3.63) is 71.7 Å². The Morgan fingerprint density at radius 3 is 2.55 bits per heavy atom. The minimum absolute atomic E-state index is 0.0493. The Labute approximate surface area is 128 Å². The van der Waals surface area contributed by atoms with Gasteiger partial charge in [-0.1, -0.05) is 18.2 Å². The lowest BCUT2D eigenvalue weighted by Gasteiger charge is -2.04. The van der Waals surface area contributed by atoms with E-state index in [1.54, 1.807) is 13.2 Å². The molecule has 0 spiro atoms. The number of methoxy groups -OCH3 is 1. The maximum absolute atomic E-state index is 12.2. The van der Waals surface area contributed by atoms with Gasteiger partial charge in [0.05, 0.1) is 7.11 Å². The van der Waals surface area contributed by atoms with Crippen LogP contribution in [0.3, 0.4) is 0 Å². The SMILES string of the molecule is COc1ccc2cc(C(=O)C=Cc3ccc(C)o3)ccc2c1. The van der Waals surface area contributed by atoms with Crippen LogP contribution in [0.5, 0.6) is 5.75 Å². The van der Waals surface area contributed by atoms with Gasteiger partial charge < -0.3 is 9.15 Å². The number of ether oxygens (including phenoxy) is 1. The Kier molecular flexibility index (Phi) is 3.79. The molecule has 0 unspecified atom stereocenters. The summed E-state index contributed by atoms with van der Waals surface area (Å²) >= 11 is 0. The van der Waals surface area contributed by atoms with Gasteiger partial charge in [0.2, 0.25) is 0 Å². The average Bonchev–Trinajstić information content (AvgIpc) is 2.97. The van der Waals surface area contributed by atoms with Gasteiger partial charge in [0.1, 0.15) is 17.3 Å². The van der Waals surface area contributed by atoms with Crippen molar-refractivity contribution in [1.82, 2.24) is 0 Å². The highest BCUT2D eigenvalue weighted by Gasteiger charge is 2.04. The number of furan rings is 1. The second-order valence-electron chi connectivity index (χ2n) is 5.07. The van der Waals surface area contributed by atoms with Gasteiger partial charge in [-0.2, -0.15) is 0 Å². The molecule has 3 nitrogen and oxygen atoms in total. The standard InChI is InChI=1S/C19H16O3/c1-13-3-7-17(22-13)9-10-19(20)16-5-4-15-12-18(21-2)8-6-14(15)11-16/h3-12H,1-2H3. The van der Waals surface area contributed by atoms with Crippen molar-refractivity contribution < 1.29 is 13.9 Å². The van der Waals surface area contributed by atoms with Gasteiger partial charge in [0.25, 0.3) is 0 Å². The molecule has 0 radical (unpaired) electrons. The fraction of sp³-hybridized carbons (Fsp3) is 0.105. The van der Waals surface area contributed by atoms with Crippen LogP contribution in [0.1, 0.15) is 21.9 Å². The van der Waals surface area contributed by atoms with Crippen LogP contribution in [0.15, 0.2) is 59.0 Å². The fourth-order valence-corrected chi connectivity index (χ4v) is 2.30. The summed E-state index contributed by atoms with van der Waals surface area (Å²) in [6.45, 7) is 1.87. The number of allylic oxidation sites excluding steroid dienone is 1. The average molecular weight is 292 g/mol. The lowest BCUT2D eigenvalue weighted by atomic mass is 10.0. The minimum atomic E-state index is -0.0493. The number of aryl methyl sites for hydroxylation is 1. The highest BCUT2D eigenvalue weighted by atomic mass is 16.5. The van der Waals surface area contributed by atoms with Crippen molar-refractivity contribution in [1.29, 1.82) is 0 Å². The first kappa shape index (κ1) is 14.1. The van der Waals surface area contributed by atoms with Gasteiger partial charge in [0, 0.05) is 5.56 Å². The lowest BCUT2D eigenvalue weighted by molar-refractivity contribution is 0.104. The third kappa shape index (κ3) is 2.93. The summed E-state index contributed by atoms with van der Waals surface area (Å²) < 4.78 is 10.6. The van der Waals surface area contributed by atoms with E-state index in [9.17, 15) is 4.79 Å². The molecule has 0 N–H and O–H groups in total. The molecule has 0 saturated carbocycles. The molecule has 22 heavy (non-hydrogen) atoms. The van der Waals surface area contributed by atoms with Gasteiger partial charge in [-0.25, -0.2) is 0 Å². The zero-order chi connectivity index (χ0) is 15.5. The zero-order valence-corrected chi connectivity index (χ0v) is 12.5. The van der Waals surface area contributed by atoms with Crippen LogP contribution < -0.4 is 4.74 Å². The number of carbonyl (C=O) groups is 1. The van der Waals surface area contributed by atoms with Crippen molar-refractivity contribution in [2.75, 3.05) is 7.11 Å². The maximum Gasteiger partial charge on any atom is 0.185 e. The summed E-state index contributed by atoms with van der Waals surface area (Å²) in [5, 5.41) is 2.05. The van der Waals surface area contributed by atoms with Crippen molar-refractivity contribution >= 4 is 22.6 Å². The van der Waals surface area contributed by atoms with E-state index in [1.165, 1.54) is 6.08 Å². The summed E-state index contributed by atoms with van der Waals surface area (Å²) in [6.07, 6.45) is 3.22. The van der Waals surface area contributed by atoms with Crippen molar-refractivity contribution in [3.63, 3.8) is 0 Å². The molecule has 0 bridgehead atoms. The van der Waals surface area contributed by atoms with Crippen LogP contribution in [-0.4, -0.2) is 12.9 Å². The fourth-order valence-electron chi connectivity index (χ4n) is 2.30. The number of hydrogen-bond donors (Lipinski definition) is 0. The van der Waals surface area contributed by atoms with Crippen LogP contribution in [0.25, 0.3) is 16.8 Å². The van der Waals surface area contributed by atoms with E-state index in [1.807, 2.05) is 55.5 Å². The van der Waals surface area contributed by atoms with Gasteiger partial charge >= 0.3 is 0 Å². The van der Waals surface area contributed by atoms with Gasteiger partial charge in [0.15, 0.2) is 5.78 Å². The van der Waals surface area contributed by atoms with Gasteiger partial charge in [-0.05, 0) is 60.2 Å². The number of fused-ring (bicyclic) bond motifs is 1. The Bertz CT molecular complexity index is 856. The van der Waals surface area contributed by atoms with Crippen LogP contribution in [0, 0.1) is 6.92 Å². The Hall–Kier alpha value is -2.81. The van der Waals surface area contributed by atoms with E-state index >= 15 is 0 Å². The molecule has 0 fully saturated rings. The highest BCUT2D eigenvalue weighted by Crippen LogP contribution is 2.22. The van der Waals surface area contributed by atoms with Crippen molar-refractivity contribution in [3.8, 4) is 5.75 Å². The minimum Gasteiger partial charge on any atom is -0.497 e. The quantitative estimate of drug-likeness (QED) is 0.519. The van der Waals surface area contributed by atoms with Crippen LogP contribution in [-0.2, 0) is 0 Å². The van der Waals surface area contributed by atoms with E-state index in [2.05, 4.69) is 0 Å². The van der Waals surface area contributed by atoms with Crippen LogP contribution in [0.2, 0.25) is 0 Å². The van der Waals surface area contributed by atoms with E-state index in [-0.39, 0.29) is 5.78 Å². The number of hydrogen-bond acceptors (Lipinski definition) is 3. The van der Waals surface area contributed by atoms with Crippen molar-refractivity contribution in [2.24, 2.45) is 0 Å². The summed E-state index contributed by atoms with van der Waals surface area (Å²) in [5.74, 6) is 2.26. The van der Waals surface area contributed by atoms with Gasteiger partial charge in [-0.3, -0.25) is 4.79 Å². The molecule has 110 valence electrons. The Morgan fingerprint density at radius 2 is 1.82 bits per heavy atom. The monoisotopic (exact) mass is 292 g/mol. The molecule has 0 saturated heterocycles. The molecule has 2 aromatic carbocycles. The molecule has 1 heterocycles. The Morgan fingerprint density at radius 1 is 1.05 bits per heavy atom. The molecule has 0 aliphatic carbocycles. The van der Waals surface area contributed by atoms with Crippen molar-refractivity contribution in [2.45, 2.75) is 6.92 Å². The van der Waals surface area contributed by atoms with Crippen LogP contribution in [0.4, 0.5) is 0 Å². The summed E-state index contributed by atoms with van der Waals surface area (Å²) in [6, 6.07) is 15.1. The van der Waals surface area contributed by atoms with E-state index in [0.717, 1.165) is 22.3 Å². The largest absolute Gasteiger partial charge is 0.497 e. The third-order valence-electron chi connectivity index (χ3n) is 3.49. The number of rotatable bonds is 4. The summed E-state index contributed by atoms with van der Waals surface area (Å²) in [7, 11) is 1.64. The first-order valence-electron chi connectivity index (χ1n) is 7.02. The summed E-state index contributed by atoms with van der Waals surface area (Å²) in [4.78, 5) is 12.2. The molecule has 0 aliphatic rings. The van der Waals surface area contributed by atoms with E-state index in [4.69, 9.17) is 9.15 Å². The topological polar surface area (TPSA) is 39.4 Å². The normalized spacial score (nSPS) is 11.2. The molecular weight excluding hydrogens is 276 g/mol. The number of ketones is 1. The Balaban J connectivity index is 1.86. The predicted octanol–water partition coefficient (Wildman–Crippen LogP) is 4.65. The highest BCUT2D eigenvalue weighted by molar-refractivity contribution is 6.08. The maximum atomic E-state index is 12.2. The molecule has 3 heteroatoms. The number of benzene rings is 2. The van der Waals surface area contributed by atoms with Gasteiger partial charge in [-0.15, -0.1) is 0 Å². The molecule has 0 amide bonds. The zero-order valence-electron chi connectivity index (χ0n) is 12.5. The molecule has 0 aliphatic heterocycles. The molecule has 1 aromatic heterocycles. The van der Waals surface area contributed by atoms with Crippen LogP contribution >= 0.6 is 0 Å². The first-order valence-corrected chi connectivity index (χ1v) is 7.02. The molecule has 3 rings (SSSR count). The van der Waals surface area contributed by atoms with E-state index in [0.29, 0.717) is 11.3 Å². The number of carbonyl (C=O) groups excluding carboxylic acids is 1. The molecular formula is C19H16O3. The second-order valence-corrected chi connectivity index (χ2v) is 5.07. The van der Waals surface area contributed by atoms with E-state index < -0.39 is 0 Å². The second kappa shape index (κ2) is 5.90. The smallest absolute Gasteiger partial charge is 0.185 e. The lowest BCUT2D eigenvalue weighted by Crippen LogP contribution is -1.94. The predicted molar refractivity (Wildman–Crippen MR) is 87.3 cm³/mol. The third-order valence-corrected chi connectivity index (χ3v) is 3.49. The first-order chi connectivity index (χ1) is 10.7.